The Morgan fingerprint density at radius 3 is 2.82 bits per heavy atom. The highest BCUT2D eigenvalue weighted by atomic mass is 35.5. The normalized spacial score (nSPS) is 9.73. The molecule has 0 aromatic carbocycles. The fourth-order valence-electron chi connectivity index (χ4n) is 0.740. The number of aromatic nitrogens is 1. The van der Waals surface area contributed by atoms with E-state index in [-0.39, 0.29) is 0 Å². The van der Waals surface area contributed by atoms with E-state index in [1.807, 2.05) is 0 Å². The van der Waals surface area contributed by atoms with E-state index in [0.29, 0.717) is 16.6 Å². The quantitative estimate of drug-likeness (QED) is 0.656. The van der Waals surface area contributed by atoms with Crippen molar-refractivity contribution < 1.29 is 4.74 Å². The van der Waals surface area contributed by atoms with Crippen LogP contribution >= 0.6 is 11.6 Å². The number of pyridine rings is 1. The monoisotopic (exact) mass is 172 g/mol. The van der Waals surface area contributed by atoms with E-state index in [9.17, 15) is 0 Å². The molecule has 60 valence electrons. The number of nitrogens with zero attached hydrogens (tertiary/aromatic N) is 1. The van der Waals surface area contributed by atoms with Crippen LogP contribution in [-0.4, -0.2) is 12.1 Å². The first-order valence-corrected chi connectivity index (χ1v) is 3.49. The molecule has 0 saturated carbocycles. The molecule has 2 N–H and O–H groups in total. The van der Waals surface area contributed by atoms with Crippen LogP contribution in [0.5, 0.6) is 5.75 Å². The topological polar surface area (TPSA) is 48.1 Å². The predicted molar refractivity (Wildman–Crippen MR) is 44.9 cm³/mol. The minimum Gasteiger partial charge on any atom is -0.493 e. The fraction of sp³-hybridized carbons (Fsp3) is 0.286. The Morgan fingerprint density at radius 1 is 1.64 bits per heavy atom. The molecule has 4 heteroatoms. The summed E-state index contributed by atoms with van der Waals surface area (Å²) in [6, 6.07) is 0. The Kier molecular flexibility index (Phi) is 2.19. The summed E-state index contributed by atoms with van der Waals surface area (Å²) in [5.41, 5.74) is 6.95. The molecule has 11 heavy (non-hydrogen) atoms. The predicted octanol–water partition coefficient (Wildman–Crippen LogP) is 1.63. The maximum Gasteiger partial charge on any atom is 0.160 e. The minimum atomic E-state index is 0.420. The van der Waals surface area contributed by atoms with Gasteiger partial charge in [0.05, 0.1) is 19.0 Å². The van der Waals surface area contributed by atoms with Crippen LogP contribution in [0, 0.1) is 6.92 Å². The lowest BCUT2D eigenvalue weighted by Crippen LogP contribution is -1.97. The molecule has 3 nitrogen and oxygen atoms in total. The highest BCUT2D eigenvalue weighted by molar-refractivity contribution is 6.30. The third-order valence-corrected chi connectivity index (χ3v) is 1.88. The zero-order chi connectivity index (χ0) is 8.43. The average Bonchev–Trinajstić information content (AvgIpc) is 2.01. The molecular formula is C7H9ClN2O. The Bertz CT molecular complexity index is 275. The molecule has 0 spiro atoms. The molecule has 0 saturated heterocycles. The zero-order valence-electron chi connectivity index (χ0n) is 6.39. The number of hydrogen-bond donors (Lipinski definition) is 1. The number of nitrogen functional groups attached to an aromatic ring is 1. The van der Waals surface area contributed by atoms with Gasteiger partial charge in [-0.1, -0.05) is 11.6 Å². The molecule has 0 aliphatic heterocycles. The lowest BCUT2D eigenvalue weighted by Gasteiger charge is -2.06. The number of ether oxygens (including phenoxy) is 1. The standard InChI is InChI=1S/C7H9ClN2O/c1-4-6(9)5(11-2)3-10-7(4)8/h3H,1-2H3,(H2,9,10). The first kappa shape index (κ1) is 8.14. The van der Waals surface area contributed by atoms with Crippen molar-refractivity contribution in [3.05, 3.63) is 16.9 Å². The van der Waals surface area contributed by atoms with Gasteiger partial charge >= 0.3 is 0 Å². The maximum absolute atomic E-state index is 5.70. The largest absolute Gasteiger partial charge is 0.493 e. The van der Waals surface area contributed by atoms with Crippen molar-refractivity contribution in [1.82, 2.24) is 4.98 Å². The zero-order valence-corrected chi connectivity index (χ0v) is 7.14. The summed E-state index contributed by atoms with van der Waals surface area (Å²) in [7, 11) is 1.54. The molecule has 0 fully saturated rings. The van der Waals surface area contributed by atoms with Crippen LogP contribution in [0.1, 0.15) is 5.56 Å². The van der Waals surface area contributed by atoms with E-state index in [0.717, 1.165) is 5.56 Å². The van der Waals surface area contributed by atoms with Crippen molar-refractivity contribution in [2.24, 2.45) is 0 Å². The van der Waals surface area contributed by atoms with Crippen molar-refractivity contribution in [3.8, 4) is 5.75 Å². The van der Waals surface area contributed by atoms with Crippen molar-refractivity contribution in [2.45, 2.75) is 6.92 Å². The summed E-state index contributed by atoms with van der Waals surface area (Å²) in [6.45, 7) is 1.80. The molecule has 0 aliphatic rings. The van der Waals surface area contributed by atoms with Gasteiger partial charge in [0.15, 0.2) is 5.75 Å². The van der Waals surface area contributed by atoms with Crippen LogP contribution in [0.25, 0.3) is 0 Å². The van der Waals surface area contributed by atoms with E-state index in [4.69, 9.17) is 22.1 Å². The van der Waals surface area contributed by atoms with E-state index >= 15 is 0 Å². The Balaban J connectivity index is 3.25. The van der Waals surface area contributed by atoms with Crippen molar-refractivity contribution in [2.75, 3.05) is 12.8 Å². The van der Waals surface area contributed by atoms with E-state index in [1.54, 1.807) is 14.0 Å². The fourth-order valence-corrected chi connectivity index (χ4v) is 0.891. The molecule has 0 radical (unpaired) electrons. The van der Waals surface area contributed by atoms with Crippen molar-refractivity contribution in [1.29, 1.82) is 0 Å². The highest BCUT2D eigenvalue weighted by Gasteiger charge is 2.05. The second-order valence-corrected chi connectivity index (χ2v) is 2.51. The van der Waals surface area contributed by atoms with Gasteiger partial charge in [-0.2, -0.15) is 0 Å². The molecule has 0 atom stereocenters. The second-order valence-electron chi connectivity index (χ2n) is 2.16. The van der Waals surface area contributed by atoms with Gasteiger partial charge in [-0.3, -0.25) is 0 Å². The molecular weight excluding hydrogens is 164 g/mol. The summed E-state index contributed by atoms with van der Waals surface area (Å²) in [5.74, 6) is 0.562. The second kappa shape index (κ2) is 2.96. The Labute approximate surface area is 70.1 Å². The molecule has 1 rings (SSSR count). The van der Waals surface area contributed by atoms with Gasteiger partial charge in [0.2, 0.25) is 0 Å². The van der Waals surface area contributed by atoms with Gasteiger partial charge in [0, 0.05) is 5.56 Å². The van der Waals surface area contributed by atoms with Gasteiger partial charge in [0.25, 0.3) is 0 Å². The molecule has 1 aromatic heterocycles. The minimum absolute atomic E-state index is 0.420. The first-order chi connectivity index (χ1) is 5.16. The number of rotatable bonds is 1. The number of nitrogens with two attached hydrogens (primary N) is 1. The molecule has 0 bridgehead atoms. The third kappa shape index (κ3) is 1.38. The maximum atomic E-state index is 5.70. The van der Waals surface area contributed by atoms with Crippen LogP contribution in [0.3, 0.4) is 0 Å². The number of halogens is 1. The van der Waals surface area contributed by atoms with Crippen LogP contribution in [0.15, 0.2) is 6.20 Å². The summed E-state index contributed by atoms with van der Waals surface area (Å²) in [6.07, 6.45) is 1.50. The van der Waals surface area contributed by atoms with Gasteiger partial charge in [-0.25, -0.2) is 4.98 Å². The van der Waals surface area contributed by atoms with Gasteiger partial charge in [-0.15, -0.1) is 0 Å². The van der Waals surface area contributed by atoms with Crippen molar-refractivity contribution in [3.63, 3.8) is 0 Å². The summed E-state index contributed by atoms with van der Waals surface area (Å²) < 4.78 is 4.93. The molecule has 1 aromatic rings. The Morgan fingerprint density at radius 2 is 2.27 bits per heavy atom. The SMILES string of the molecule is COc1cnc(Cl)c(C)c1N. The van der Waals surface area contributed by atoms with Crippen LogP contribution in [0.4, 0.5) is 5.69 Å². The summed E-state index contributed by atoms with van der Waals surface area (Å²) in [4.78, 5) is 3.87. The number of methoxy groups -OCH3 is 1. The van der Waals surface area contributed by atoms with Crippen LogP contribution in [0.2, 0.25) is 5.15 Å². The molecule has 0 amide bonds. The molecule has 1 heterocycles. The van der Waals surface area contributed by atoms with Crippen LogP contribution < -0.4 is 10.5 Å². The lowest BCUT2D eigenvalue weighted by molar-refractivity contribution is 0.415. The van der Waals surface area contributed by atoms with E-state index in [2.05, 4.69) is 4.98 Å². The van der Waals surface area contributed by atoms with Gasteiger partial charge in [0.1, 0.15) is 5.15 Å². The van der Waals surface area contributed by atoms with E-state index in [1.165, 1.54) is 6.20 Å². The Hall–Kier alpha value is -0.960. The third-order valence-electron chi connectivity index (χ3n) is 1.49. The van der Waals surface area contributed by atoms with Gasteiger partial charge in [-0.05, 0) is 6.92 Å². The average molecular weight is 173 g/mol. The van der Waals surface area contributed by atoms with Crippen molar-refractivity contribution >= 4 is 17.3 Å². The summed E-state index contributed by atoms with van der Waals surface area (Å²) >= 11 is 5.70. The molecule has 0 unspecified atom stereocenters. The smallest absolute Gasteiger partial charge is 0.160 e. The van der Waals surface area contributed by atoms with Crippen LogP contribution in [-0.2, 0) is 0 Å². The number of hydrogen-bond acceptors (Lipinski definition) is 3. The van der Waals surface area contributed by atoms with E-state index < -0.39 is 0 Å². The first-order valence-electron chi connectivity index (χ1n) is 3.11. The van der Waals surface area contributed by atoms with Gasteiger partial charge < -0.3 is 10.5 Å². The number of anilines is 1. The molecule has 0 aliphatic carbocycles. The lowest BCUT2D eigenvalue weighted by atomic mass is 10.2. The highest BCUT2D eigenvalue weighted by Crippen LogP contribution is 2.27. The summed E-state index contributed by atoms with van der Waals surface area (Å²) in [5, 5.41) is 0.420.